The first kappa shape index (κ1) is 22.0. The van der Waals surface area contributed by atoms with Crippen LogP contribution < -0.4 is 9.44 Å². The molecule has 9 heteroatoms. The third-order valence-corrected chi connectivity index (χ3v) is 7.58. The lowest BCUT2D eigenvalue weighted by atomic mass is 10.0. The highest BCUT2D eigenvalue weighted by molar-refractivity contribution is 7.97. The van der Waals surface area contributed by atoms with Gasteiger partial charge in [-0.1, -0.05) is 36.4 Å². The second kappa shape index (κ2) is 8.76. The Morgan fingerprint density at radius 1 is 1.19 bits per heavy atom. The number of nitrogens with zero attached hydrogens (tertiary/aromatic N) is 2. The van der Waals surface area contributed by atoms with Crippen LogP contribution in [0, 0.1) is 6.92 Å². The van der Waals surface area contributed by atoms with E-state index >= 15 is 0 Å². The second-order valence-corrected chi connectivity index (χ2v) is 10.1. The van der Waals surface area contributed by atoms with Crippen LogP contribution in [0.4, 0.5) is 5.69 Å². The maximum absolute atomic E-state index is 13.4. The van der Waals surface area contributed by atoms with E-state index in [0.29, 0.717) is 11.3 Å². The van der Waals surface area contributed by atoms with E-state index in [9.17, 15) is 13.2 Å². The quantitative estimate of drug-likeness (QED) is 0.616. The average Bonchev–Trinajstić information content (AvgIpc) is 3.27. The van der Waals surface area contributed by atoms with Crippen molar-refractivity contribution in [2.24, 2.45) is 0 Å². The van der Waals surface area contributed by atoms with Gasteiger partial charge in [-0.2, -0.15) is 0 Å². The number of allylic oxidation sites excluding steroid dienone is 2. The van der Waals surface area contributed by atoms with Crippen molar-refractivity contribution in [2.75, 3.05) is 11.8 Å². The molecule has 4 rings (SSSR count). The number of amides is 1. The molecule has 2 aromatic rings. The number of hydrogen-bond donors (Lipinski definition) is 2. The molecule has 0 fully saturated rings. The molecule has 2 N–H and O–H groups in total. The van der Waals surface area contributed by atoms with Gasteiger partial charge in [-0.25, -0.2) is 8.42 Å². The van der Waals surface area contributed by atoms with Crippen molar-refractivity contribution in [1.29, 1.82) is 0 Å². The second-order valence-electron chi connectivity index (χ2n) is 7.59. The highest BCUT2D eigenvalue weighted by atomic mass is 32.2. The van der Waals surface area contributed by atoms with Crippen LogP contribution in [-0.4, -0.2) is 30.6 Å². The highest BCUT2D eigenvalue weighted by Crippen LogP contribution is 2.34. The molecule has 0 aromatic heterocycles. The zero-order valence-corrected chi connectivity index (χ0v) is 19.6. The van der Waals surface area contributed by atoms with Gasteiger partial charge in [-0.3, -0.25) is 13.8 Å². The first-order chi connectivity index (χ1) is 15.3. The van der Waals surface area contributed by atoms with Crippen LogP contribution in [0.25, 0.3) is 0 Å². The van der Waals surface area contributed by atoms with Gasteiger partial charge < -0.3 is 9.62 Å². The molecule has 2 aromatic carbocycles. The van der Waals surface area contributed by atoms with E-state index in [-0.39, 0.29) is 22.5 Å². The number of benzene rings is 2. The Labute approximate surface area is 192 Å². The highest BCUT2D eigenvalue weighted by Gasteiger charge is 2.31. The summed E-state index contributed by atoms with van der Waals surface area (Å²) >= 11 is 1.28. The maximum atomic E-state index is 13.4. The Kier molecular flexibility index (Phi) is 6.03. The zero-order valence-electron chi connectivity index (χ0n) is 17.9. The smallest absolute Gasteiger partial charge is 0.264 e. The number of rotatable bonds is 6. The summed E-state index contributed by atoms with van der Waals surface area (Å²) in [7, 11) is -2.22. The summed E-state index contributed by atoms with van der Waals surface area (Å²) in [6, 6.07) is 14.7. The van der Waals surface area contributed by atoms with Crippen molar-refractivity contribution >= 4 is 33.8 Å². The molecule has 1 amide bonds. The molecule has 0 saturated carbocycles. The van der Waals surface area contributed by atoms with Crippen molar-refractivity contribution < 1.29 is 13.2 Å². The molecule has 166 valence electrons. The number of aryl methyl sites for hydroxylation is 1. The van der Waals surface area contributed by atoms with E-state index in [2.05, 4.69) is 9.44 Å². The van der Waals surface area contributed by atoms with Crippen LogP contribution in [0.5, 0.6) is 0 Å². The normalized spacial score (nSPS) is 15.9. The molecule has 0 radical (unpaired) electrons. The van der Waals surface area contributed by atoms with Gasteiger partial charge in [-0.15, -0.1) is 0 Å². The van der Waals surface area contributed by atoms with Crippen molar-refractivity contribution in [3.63, 3.8) is 0 Å². The van der Waals surface area contributed by atoms with Crippen LogP contribution in [-0.2, 0) is 10.0 Å². The molecule has 2 aliphatic heterocycles. The van der Waals surface area contributed by atoms with Gasteiger partial charge in [0.1, 0.15) is 4.91 Å². The summed E-state index contributed by atoms with van der Waals surface area (Å²) in [4.78, 5) is 15.1. The number of carbonyl (C=O) groups excluding carboxylic acids is 1. The Morgan fingerprint density at radius 3 is 2.69 bits per heavy atom. The number of anilines is 1. The molecule has 0 bridgehead atoms. The minimum Gasteiger partial charge on any atom is -0.335 e. The van der Waals surface area contributed by atoms with Crippen molar-refractivity contribution in [2.45, 2.75) is 19.9 Å². The lowest BCUT2D eigenvalue weighted by Crippen LogP contribution is -2.31. The van der Waals surface area contributed by atoms with Gasteiger partial charge in [0.05, 0.1) is 35.1 Å². The predicted molar refractivity (Wildman–Crippen MR) is 129 cm³/mol. The number of carbonyl (C=O) groups is 1. The third-order valence-electron chi connectivity index (χ3n) is 5.43. The van der Waals surface area contributed by atoms with E-state index in [1.165, 1.54) is 12.1 Å². The zero-order chi connectivity index (χ0) is 22.9. The maximum Gasteiger partial charge on any atom is 0.264 e. The van der Waals surface area contributed by atoms with Gasteiger partial charge in [0, 0.05) is 19.4 Å². The first-order valence-electron chi connectivity index (χ1n) is 10.0. The fourth-order valence-corrected chi connectivity index (χ4v) is 5.49. The SMILES string of the molecule is Cc1ccc(C(=O)N(C)C(C)c2ccccc2)c(NS(=O)(=O)C2=CC=CN3SNC=C23)c1. The lowest BCUT2D eigenvalue weighted by molar-refractivity contribution is 0.0743. The van der Waals surface area contributed by atoms with E-state index in [4.69, 9.17) is 0 Å². The molecule has 32 heavy (non-hydrogen) atoms. The van der Waals surface area contributed by atoms with E-state index in [1.54, 1.807) is 59.0 Å². The van der Waals surface area contributed by atoms with E-state index in [1.807, 2.05) is 44.2 Å². The summed E-state index contributed by atoms with van der Waals surface area (Å²) in [6.07, 6.45) is 6.62. The molecule has 1 atom stereocenters. The summed E-state index contributed by atoms with van der Waals surface area (Å²) in [5.74, 6) is -0.268. The van der Waals surface area contributed by atoms with E-state index in [0.717, 1.165) is 11.1 Å². The largest absolute Gasteiger partial charge is 0.335 e. The van der Waals surface area contributed by atoms with Gasteiger partial charge in [0.25, 0.3) is 15.9 Å². The van der Waals surface area contributed by atoms with Crippen LogP contribution in [0.2, 0.25) is 0 Å². The van der Waals surface area contributed by atoms with Gasteiger partial charge in [0.2, 0.25) is 0 Å². The van der Waals surface area contributed by atoms with Crippen molar-refractivity contribution in [3.8, 4) is 0 Å². The summed E-state index contributed by atoms with van der Waals surface area (Å²) < 4.78 is 33.9. The summed E-state index contributed by atoms with van der Waals surface area (Å²) in [5, 5.41) is 0. The topological polar surface area (TPSA) is 81.8 Å². The lowest BCUT2D eigenvalue weighted by Gasteiger charge is -2.27. The number of nitrogens with one attached hydrogen (secondary N) is 2. The number of fused-ring (bicyclic) bond motifs is 1. The fourth-order valence-electron chi connectivity index (χ4n) is 3.51. The summed E-state index contributed by atoms with van der Waals surface area (Å²) in [6.45, 7) is 3.79. The molecular formula is C23H24N4O3S2. The minimum absolute atomic E-state index is 0.128. The average molecular weight is 469 g/mol. The van der Waals surface area contributed by atoms with Crippen LogP contribution in [0.15, 0.2) is 83.7 Å². The fraction of sp³-hybridized carbons (Fsp3) is 0.174. The Morgan fingerprint density at radius 2 is 1.94 bits per heavy atom. The number of hydrogen-bond acceptors (Lipinski definition) is 6. The first-order valence-corrected chi connectivity index (χ1v) is 12.3. The Bertz CT molecular complexity index is 1240. The van der Waals surface area contributed by atoms with Crippen molar-refractivity contribution in [3.05, 3.63) is 100 Å². The molecule has 2 aliphatic rings. The standard InChI is InChI=1S/C23H24N4O3S2/c1-16-11-12-19(23(28)26(3)17(2)18-8-5-4-6-9-18)20(14-16)25-32(29,30)22-10-7-13-27-21(22)15-24-31-27/h4-15,17,24-25H,1-3H3. The van der Waals surface area contributed by atoms with Crippen LogP contribution in [0.3, 0.4) is 0 Å². The molecule has 0 saturated heterocycles. The van der Waals surface area contributed by atoms with E-state index < -0.39 is 10.0 Å². The molecule has 1 unspecified atom stereocenters. The third kappa shape index (κ3) is 4.26. The van der Waals surface area contributed by atoms with Crippen molar-refractivity contribution in [1.82, 2.24) is 13.9 Å². The summed E-state index contributed by atoms with van der Waals surface area (Å²) in [5.41, 5.74) is 2.91. The monoisotopic (exact) mass is 468 g/mol. The molecular weight excluding hydrogens is 444 g/mol. The van der Waals surface area contributed by atoms with Gasteiger partial charge in [-0.05, 0) is 49.3 Å². The van der Waals surface area contributed by atoms with Crippen LogP contribution >= 0.6 is 12.1 Å². The molecule has 0 spiro atoms. The van der Waals surface area contributed by atoms with Gasteiger partial charge >= 0.3 is 0 Å². The Hall–Kier alpha value is -3.17. The number of sulfonamides is 1. The molecule has 0 aliphatic carbocycles. The van der Waals surface area contributed by atoms with Crippen LogP contribution in [0.1, 0.15) is 34.5 Å². The Balaban J connectivity index is 1.65. The minimum atomic E-state index is -3.94. The predicted octanol–water partition coefficient (Wildman–Crippen LogP) is 4.29. The molecule has 2 heterocycles. The van der Waals surface area contributed by atoms with Gasteiger partial charge in [0.15, 0.2) is 0 Å². The molecule has 7 nitrogen and oxygen atoms in total.